The Bertz CT molecular complexity index is 1350. The molecule has 0 saturated carbocycles. The van der Waals surface area contributed by atoms with Crippen LogP contribution in [-0.2, 0) is 15.0 Å². The lowest BCUT2D eigenvalue weighted by molar-refractivity contribution is -0.384. The van der Waals surface area contributed by atoms with Crippen molar-refractivity contribution in [3.63, 3.8) is 0 Å². The average Bonchev–Trinajstić information content (AvgIpc) is 3.14. The van der Waals surface area contributed by atoms with E-state index in [-0.39, 0.29) is 29.6 Å². The molecule has 0 radical (unpaired) electrons. The molecule has 7 rings (SSSR count). The molecule has 8 nitrogen and oxygen atoms in total. The topological polar surface area (TPSA) is 110 Å². The lowest BCUT2D eigenvalue weighted by Gasteiger charge is -2.53. The van der Waals surface area contributed by atoms with E-state index in [1.165, 1.54) is 25.3 Å². The molecule has 0 spiro atoms. The van der Waals surface area contributed by atoms with Crippen molar-refractivity contribution in [1.82, 2.24) is 0 Å². The van der Waals surface area contributed by atoms with Gasteiger partial charge in [0.15, 0.2) is 0 Å². The number of nitro groups is 1. The van der Waals surface area contributed by atoms with Gasteiger partial charge in [0.05, 0.1) is 42.0 Å². The molecule has 1 fully saturated rings. The van der Waals surface area contributed by atoms with E-state index in [0.29, 0.717) is 0 Å². The Kier molecular flexibility index (Phi) is 4.22. The summed E-state index contributed by atoms with van der Waals surface area (Å²) in [5.41, 5.74) is 1.88. The second kappa shape index (κ2) is 6.98. The van der Waals surface area contributed by atoms with Gasteiger partial charge in [-0.15, -0.1) is 0 Å². The second-order valence-corrected chi connectivity index (χ2v) is 8.91. The molecule has 3 aromatic rings. The van der Waals surface area contributed by atoms with E-state index in [1.54, 1.807) is 0 Å². The van der Waals surface area contributed by atoms with Crippen molar-refractivity contribution in [3.05, 3.63) is 99.1 Å². The zero-order valence-electron chi connectivity index (χ0n) is 18.2. The molecule has 1 aliphatic heterocycles. The first-order valence-electron chi connectivity index (χ1n) is 11.0. The standard InChI is InChI=1S/C26H20N2O6/c1-34-14-10-11-19(20(12-14)28(32)33)27-24(30)22-21-15-6-2-4-8-17(15)26(13-29,23(22)25(27)31)18-9-5-3-7-16(18)21/h2-12,21-23,29H,13H2,1H3/t21?,22-,23-,26?/m0/s1. The number of nitrogens with zero attached hydrogens (tertiary/aromatic N) is 2. The molecule has 2 atom stereocenters. The number of hydrogen-bond acceptors (Lipinski definition) is 6. The van der Waals surface area contributed by atoms with Gasteiger partial charge in [-0.05, 0) is 34.4 Å². The molecular formula is C26H20N2O6. The molecule has 3 aliphatic carbocycles. The maximum absolute atomic E-state index is 14.0. The number of ether oxygens (including phenoxy) is 1. The number of benzene rings is 3. The zero-order chi connectivity index (χ0) is 23.8. The fourth-order valence-corrected chi connectivity index (χ4v) is 6.40. The number of amides is 2. The highest BCUT2D eigenvalue weighted by molar-refractivity contribution is 6.24. The predicted molar refractivity (Wildman–Crippen MR) is 122 cm³/mol. The minimum atomic E-state index is -1.12. The van der Waals surface area contributed by atoms with Crippen LogP contribution in [0.3, 0.4) is 0 Å². The van der Waals surface area contributed by atoms with Crippen LogP contribution in [0.4, 0.5) is 11.4 Å². The molecular weight excluding hydrogens is 436 g/mol. The number of carbonyl (C=O) groups is 2. The third kappa shape index (κ3) is 2.30. The third-order valence-electron chi connectivity index (χ3n) is 7.66. The van der Waals surface area contributed by atoms with Gasteiger partial charge in [0.2, 0.25) is 11.8 Å². The van der Waals surface area contributed by atoms with Crippen LogP contribution in [0.2, 0.25) is 0 Å². The van der Waals surface area contributed by atoms with Gasteiger partial charge in [0, 0.05) is 5.92 Å². The van der Waals surface area contributed by atoms with Crippen molar-refractivity contribution in [2.24, 2.45) is 11.8 Å². The lowest BCUT2D eigenvalue weighted by Crippen LogP contribution is -2.55. The summed E-state index contributed by atoms with van der Waals surface area (Å²) in [7, 11) is 1.39. The van der Waals surface area contributed by atoms with Gasteiger partial charge in [-0.3, -0.25) is 19.7 Å². The first-order chi connectivity index (χ1) is 16.5. The summed E-state index contributed by atoms with van der Waals surface area (Å²) in [6.45, 7) is -0.369. The van der Waals surface area contributed by atoms with Crippen LogP contribution in [-0.4, -0.2) is 35.6 Å². The van der Waals surface area contributed by atoms with Crippen LogP contribution < -0.4 is 9.64 Å². The fourth-order valence-electron chi connectivity index (χ4n) is 6.40. The summed E-state index contributed by atoms with van der Waals surface area (Å²) < 4.78 is 5.11. The molecule has 1 N–H and O–H groups in total. The predicted octanol–water partition coefficient (Wildman–Crippen LogP) is 3.15. The third-order valence-corrected chi connectivity index (χ3v) is 7.66. The molecule has 170 valence electrons. The van der Waals surface area contributed by atoms with E-state index in [1.807, 2.05) is 48.5 Å². The van der Waals surface area contributed by atoms with Crippen LogP contribution >= 0.6 is 0 Å². The maximum Gasteiger partial charge on any atom is 0.297 e. The number of hydrogen-bond donors (Lipinski definition) is 1. The number of imide groups is 1. The number of methoxy groups -OCH3 is 1. The van der Waals surface area contributed by atoms with Gasteiger partial charge >= 0.3 is 0 Å². The van der Waals surface area contributed by atoms with Crippen LogP contribution in [0.1, 0.15) is 28.2 Å². The summed E-state index contributed by atoms with van der Waals surface area (Å²) in [6, 6.07) is 19.2. The molecule has 1 heterocycles. The van der Waals surface area contributed by atoms with Gasteiger partial charge in [0.25, 0.3) is 5.69 Å². The van der Waals surface area contributed by atoms with Crippen molar-refractivity contribution >= 4 is 23.2 Å². The highest BCUT2D eigenvalue weighted by Crippen LogP contribution is 2.64. The lowest BCUT2D eigenvalue weighted by atomic mass is 9.47. The largest absolute Gasteiger partial charge is 0.496 e. The summed E-state index contributed by atoms with van der Waals surface area (Å²) >= 11 is 0. The maximum atomic E-state index is 14.0. The Hall–Kier alpha value is -4.04. The van der Waals surface area contributed by atoms with E-state index >= 15 is 0 Å². The van der Waals surface area contributed by atoms with Crippen molar-refractivity contribution < 1.29 is 24.4 Å². The smallest absolute Gasteiger partial charge is 0.297 e. The van der Waals surface area contributed by atoms with Gasteiger partial charge in [-0.25, -0.2) is 4.90 Å². The van der Waals surface area contributed by atoms with E-state index in [0.717, 1.165) is 27.2 Å². The number of aliphatic hydroxyl groups is 1. The highest BCUT2D eigenvalue weighted by atomic mass is 16.6. The van der Waals surface area contributed by atoms with E-state index in [2.05, 4.69) is 0 Å². The Morgan fingerprint density at radius 1 is 1.00 bits per heavy atom. The van der Waals surface area contributed by atoms with Gasteiger partial charge in [0.1, 0.15) is 11.4 Å². The molecule has 8 heteroatoms. The normalized spacial score (nSPS) is 26.2. The van der Waals surface area contributed by atoms with Crippen molar-refractivity contribution in [1.29, 1.82) is 0 Å². The molecule has 1 saturated heterocycles. The van der Waals surface area contributed by atoms with Crippen LogP contribution in [0.5, 0.6) is 5.75 Å². The molecule has 3 aromatic carbocycles. The number of aliphatic hydroxyl groups excluding tert-OH is 1. The Morgan fingerprint density at radius 2 is 1.62 bits per heavy atom. The quantitative estimate of drug-likeness (QED) is 0.367. The van der Waals surface area contributed by atoms with Crippen LogP contribution in [0.15, 0.2) is 66.7 Å². The van der Waals surface area contributed by atoms with Gasteiger partial charge < -0.3 is 9.84 Å². The molecule has 0 aromatic heterocycles. The van der Waals surface area contributed by atoms with Crippen molar-refractivity contribution in [3.8, 4) is 5.75 Å². The molecule has 34 heavy (non-hydrogen) atoms. The summed E-state index contributed by atoms with van der Waals surface area (Å²) in [5.74, 6) is -2.81. The Balaban J connectivity index is 1.61. The summed E-state index contributed by atoms with van der Waals surface area (Å²) in [4.78, 5) is 40.1. The number of anilines is 1. The Morgan fingerprint density at radius 3 is 2.18 bits per heavy atom. The summed E-state index contributed by atoms with van der Waals surface area (Å²) in [5, 5.41) is 22.7. The number of carbonyl (C=O) groups excluding carboxylic acids is 2. The van der Waals surface area contributed by atoms with E-state index in [9.17, 15) is 24.8 Å². The highest BCUT2D eigenvalue weighted by Gasteiger charge is 2.68. The summed E-state index contributed by atoms with van der Waals surface area (Å²) in [6.07, 6.45) is 0. The van der Waals surface area contributed by atoms with Gasteiger partial charge in [-0.1, -0.05) is 48.5 Å². The molecule has 2 amide bonds. The minimum Gasteiger partial charge on any atom is -0.496 e. The minimum absolute atomic E-state index is 0.0872. The SMILES string of the molecule is COc1ccc(N2C(=O)[C@@H]3[C@@H](C2=O)C2c4ccccc4C3(CO)c3ccccc32)c([N+](=O)[O-])c1. The Labute approximate surface area is 194 Å². The zero-order valence-corrected chi connectivity index (χ0v) is 18.2. The number of nitro benzene ring substituents is 1. The van der Waals surface area contributed by atoms with Gasteiger partial charge in [-0.2, -0.15) is 0 Å². The average molecular weight is 456 g/mol. The molecule has 2 bridgehead atoms. The van der Waals surface area contributed by atoms with E-state index < -0.39 is 34.0 Å². The first kappa shape index (κ1) is 20.6. The molecule has 0 unspecified atom stereocenters. The van der Waals surface area contributed by atoms with Crippen LogP contribution in [0.25, 0.3) is 0 Å². The van der Waals surface area contributed by atoms with E-state index in [4.69, 9.17) is 4.74 Å². The van der Waals surface area contributed by atoms with Crippen molar-refractivity contribution in [2.45, 2.75) is 11.3 Å². The number of rotatable bonds is 4. The second-order valence-electron chi connectivity index (χ2n) is 8.91. The van der Waals surface area contributed by atoms with Crippen molar-refractivity contribution in [2.75, 3.05) is 18.6 Å². The van der Waals surface area contributed by atoms with Crippen LogP contribution in [0, 0.1) is 22.0 Å². The fraction of sp³-hybridized carbons (Fsp3) is 0.231. The first-order valence-corrected chi connectivity index (χ1v) is 11.0. The monoisotopic (exact) mass is 456 g/mol. The molecule has 4 aliphatic rings.